The van der Waals surface area contributed by atoms with Gasteiger partial charge in [-0.3, -0.25) is 4.72 Å². The molecule has 31 heavy (non-hydrogen) atoms. The molecule has 0 aliphatic rings. The Balaban J connectivity index is 1.92. The molecule has 10 heteroatoms. The number of sulfonamides is 1. The van der Waals surface area contributed by atoms with E-state index in [1.165, 1.54) is 13.2 Å². The Morgan fingerprint density at radius 2 is 1.84 bits per heavy atom. The van der Waals surface area contributed by atoms with Gasteiger partial charge in [-0.25, -0.2) is 13.4 Å². The SMILES string of the molecule is COc1cccc(Oc2c(NS(=O)(=O)C=Cc3ccccc3)ncnc2OCCO)c1. The third-order valence-electron chi connectivity index (χ3n) is 3.84. The third-order valence-corrected chi connectivity index (χ3v) is 4.81. The normalized spacial score (nSPS) is 11.3. The van der Waals surface area contributed by atoms with Gasteiger partial charge in [-0.05, 0) is 23.8 Å². The van der Waals surface area contributed by atoms with Crippen LogP contribution in [0.1, 0.15) is 5.56 Å². The van der Waals surface area contributed by atoms with Crippen molar-refractivity contribution in [2.24, 2.45) is 0 Å². The van der Waals surface area contributed by atoms with Crippen molar-refractivity contribution in [1.29, 1.82) is 0 Å². The Kier molecular flexibility index (Phi) is 7.41. The van der Waals surface area contributed by atoms with Gasteiger partial charge in [0.25, 0.3) is 15.9 Å². The Labute approximate surface area is 180 Å². The van der Waals surface area contributed by atoms with E-state index in [-0.39, 0.29) is 30.7 Å². The van der Waals surface area contributed by atoms with Crippen molar-refractivity contribution in [2.75, 3.05) is 25.0 Å². The lowest BCUT2D eigenvalue weighted by molar-refractivity contribution is 0.192. The zero-order valence-corrected chi connectivity index (χ0v) is 17.5. The van der Waals surface area contributed by atoms with Gasteiger partial charge in [-0.1, -0.05) is 36.4 Å². The van der Waals surface area contributed by atoms with Crippen LogP contribution in [0, 0.1) is 0 Å². The summed E-state index contributed by atoms with van der Waals surface area (Å²) >= 11 is 0. The number of aliphatic hydroxyl groups is 1. The number of anilines is 1. The summed E-state index contributed by atoms with van der Waals surface area (Å²) < 4.78 is 43.9. The van der Waals surface area contributed by atoms with Gasteiger partial charge in [0.1, 0.15) is 24.4 Å². The number of hydrogen-bond donors (Lipinski definition) is 2. The smallest absolute Gasteiger partial charge is 0.263 e. The summed E-state index contributed by atoms with van der Waals surface area (Å²) in [6.45, 7) is -0.324. The van der Waals surface area contributed by atoms with Crippen molar-refractivity contribution in [3.8, 4) is 23.1 Å². The van der Waals surface area contributed by atoms with E-state index in [1.54, 1.807) is 48.5 Å². The summed E-state index contributed by atoms with van der Waals surface area (Å²) in [5, 5.41) is 10.1. The van der Waals surface area contributed by atoms with E-state index in [0.29, 0.717) is 11.5 Å². The monoisotopic (exact) mass is 443 g/mol. The molecular formula is C21H21N3O6S. The summed E-state index contributed by atoms with van der Waals surface area (Å²) in [7, 11) is -2.42. The number of methoxy groups -OCH3 is 1. The second-order valence-corrected chi connectivity index (χ2v) is 7.64. The van der Waals surface area contributed by atoms with Crippen molar-refractivity contribution < 1.29 is 27.7 Å². The minimum absolute atomic E-state index is 0.0309. The zero-order chi connectivity index (χ0) is 22.1. The maximum absolute atomic E-state index is 12.6. The van der Waals surface area contributed by atoms with Crippen LogP contribution in [-0.2, 0) is 10.0 Å². The van der Waals surface area contributed by atoms with Crippen LogP contribution in [0.4, 0.5) is 5.82 Å². The van der Waals surface area contributed by atoms with Gasteiger partial charge in [0.15, 0.2) is 5.82 Å². The summed E-state index contributed by atoms with van der Waals surface area (Å²) in [5.41, 5.74) is 0.718. The Hall–Kier alpha value is -3.63. The van der Waals surface area contributed by atoms with E-state index in [2.05, 4.69) is 14.7 Å². The fourth-order valence-electron chi connectivity index (χ4n) is 2.45. The summed E-state index contributed by atoms with van der Waals surface area (Å²) in [6, 6.07) is 15.7. The average Bonchev–Trinajstić information content (AvgIpc) is 2.78. The van der Waals surface area contributed by atoms with Gasteiger partial charge in [0.2, 0.25) is 5.75 Å². The molecule has 0 aliphatic carbocycles. The highest BCUT2D eigenvalue weighted by molar-refractivity contribution is 7.95. The second kappa shape index (κ2) is 10.4. The average molecular weight is 443 g/mol. The highest BCUT2D eigenvalue weighted by Gasteiger charge is 2.19. The van der Waals surface area contributed by atoms with Gasteiger partial charge in [-0.15, -0.1) is 0 Å². The maximum atomic E-state index is 12.6. The van der Waals surface area contributed by atoms with E-state index in [1.807, 2.05) is 6.07 Å². The van der Waals surface area contributed by atoms with Crippen LogP contribution in [0.25, 0.3) is 6.08 Å². The minimum Gasteiger partial charge on any atom is -0.497 e. The molecule has 3 aromatic rings. The molecule has 2 aromatic carbocycles. The van der Waals surface area contributed by atoms with E-state index < -0.39 is 10.0 Å². The number of rotatable bonds is 10. The topological polar surface area (TPSA) is 120 Å². The number of benzene rings is 2. The predicted molar refractivity (Wildman–Crippen MR) is 116 cm³/mol. The molecule has 2 N–H and O–H groups in total. The van der Waals surface area contributed by atoms with Crippen LogP contribution in [0.3, 0.4) is 0 Å². The highest BCUT2D eigenvalue weighted by Crippen LogP contribution is 2.37. The zero-order valence-electron chi connectivity index (χ0n) is 16.6. The first-order valence-electron chi connectivity index (χ1n) is 9.17. The first-order valence-corrected chi connectivity index (χ1v) is 10.7. The van der Waals surface area contributed by atoms with Crippen LogP contribution in [-0.4, -0.2) is 43.8 Å². The molecular weight excluding hydrogens is 422 g/mol. The van der Waals surface area contributed by atoms with Crippen LogP contribution in [0.2, 0.25) is 0 Å². The lowest BCUT2D eigenvalue weighted by Gasteiger charge is -2.15. The lowest BCUT2D eigenvalue weighted by atomic mass is 10.2. The molecule has 1 heterocycles. The Morgan fingerprint density at radius 3 is 2.58 bits per heavy atom. The number of ether oxygens (including phenoxy) is 3. The molecule has 0 bridgehead atoms. The van der Waals surface area contributed by atoms with Crippen LogP contribution < -0.4 is 18.9 Å². The van der Waals surface area contributed by atoms with Crippen LogP contribution in [0.15, 0.2) is 66.3 Å². The number of hydrogen-bond acceptors (Lipinski definition) is 8. The highest BCUT2D eigenvalue weighted by atomic mass is 32.2. The van der Waals surface area contributed by atoms with Crippen molar-refractivity contribution >= 4 is 21.9 Å². The molecule has 3 rings (SSSR count). The molecule has 0 saturated heterocycles. The molecule has 1 aromatic heterocycles. The van der Waals surface area contributed by atoms with Gasteiger partial charge >= 0.3 is 0 Å². The third kappa shape index (κ3) is 6.43. The molecule has 0 saturated carbocycles. The summed E-state index contributed by atoms with van der Waals surface area (Å²) in [4.78, 5) is 7.98. The fourth-order valence-corrected chi connectivity index (χ4v) is 3.27. The van der Waals surface area contributed by atoms with Crippen molar-refractivity contribution in [1.82, 2.24) is 9.97 Å². The van der Waals surface area contributed by atoms with Crippen molar-refractivity contribution in [3.63, 3.8) is 0 Å². The van der Waals surface area contributed by atoms with Crippen LogP contribution >= 0.6 is 0 Å². The fraction of sp³-hybridized carbons (Fsp3) is 0.143. The van der Waals surface area contributed by atoms with Gasteiger partial charge in [0, 0.05) is 6.07 Å². The van der Waals surface area contributed by atoms with Crippen molar-refractivity contribution in [2.45, 2.75) is 0 Å². The second-order valence-electron chi connectivity index (χ2n) is 6.07. The largest absolute Gasteiger partial charge is 0.497 e. The van der Waals surface area contributed by atoms with E-state index in [0.717, 1.165) is 17.3 Å². The molecule has 0 aliphatic heterocycles. The van der Waals surface area contributed by atoms with Crippen molar-refractivity contribution in [3.05, 3.63) is 71.9 Å². The predicted octanol–water partition coefficient (Wildman–Crippen LogP) is 3.06. The molecule has 162 valence electrons. The van der Waals surface area contributed by atoms with E-state index >= 15 is 0 Å². The van der Waals surface area contributed by atoms with E-state index in [9.17, 15) is 8.42 Å². The Morgan fingerprint density at radius 1 is 1.06 bits per heavy atom. The van der Waals surface area contributed by atoms with Gasteiger partial charge in [0.05, 0.1) is 19.1 Å². The van der Waals surface area contributed by atoms with Crippen LogP contribution in [0.5, 0.6) is 23.1 Å². The first kappa shape index (κ1) is 22.1. The van der Waals surface area contributed by atoms with E-state index in [4.69, 9.17) is 19.3 Å². The Bertz CT molecular complexity index is 1140. The molecule has 9 nitrogen and oxygen atoms in total. The molecule has 0 spiro atoms. The standard InChI is InChI=1S/C21H21N3O6S/c1-28-17-8-5-9-18(14-17)30-19-20(22-15-23-21(19)29-12-11-25)24-31(26,27)13-10-16-6-3-2-4-7-16/h2-10,13-15,25H,11-12H2,1H3,(H,22,23,24). The molecule has 0 radical (unpaired) electrons. The minimum atomic E-state index is -3.93. The number of aliphatic hydroxyl groups excluding tert-OH is 1. The molecule has 0 unspecified atom stereocenters. The first-order chi connectivity index (χ1) is 15.0. The molecule has 0 atom stereocenters. The van der Waals surface area contributed by atoms with Gasteiger partial charge < -0.3 is 19.3 Å². The lowest BCUT2D eigenvalue weighted by Crippen LogP contribution is -2.13. The number of aromatic nitrogens is 2. The summed E-state index contributed by atoms with van der Waals surface area (Å²) in [5.74, 6) is 0.685. The molecule has 0 fully saturated rings. The number of nitrogens with zero attached hydrogens (tertiary/aromatic N) is 2. The quantitative estimate of drug-likeness (QED) is 0.491. The molecule has 0 amide bonds. The maximum Gasteiger partial charge on any atom is 0.263 e. The van der Waals surface area contributed by atoms with Gasteiger partial charge in [-0.2, -0.15) is 4.98 Å². The number of nitrogens with one attached hydrogen (secondary N) is 1. The summed E-state index contributed by atoms with van der Waals surface area (Å²) in [6.07, 6.45) is 2.58.